The maximum absolute atomic E-state index is 13.3. The van der Waals surface area contributed by atoms with Gasteiger partial charge in [-0.1, -0.05) is 49.1 Å². The SMILES string of the molecule is Cl.O=C(O)c1ccc2c(c1)nc(-c1ccc(OCc3ccc(C(=O)N4CCCCC4)cc3-c3ccc(Cl)cc3)cc1)n2C1CCCCC1. The molecule has 248 valence electrons. The van der Waals surface area contributed by atoms with Crippen molar-refractivity contribution < 1.29 is 19.4 Å². The first kappa shape index (κ1) is 33.6. The number of amides is 1. The lowest BCUT2D eigenvalue weighted by Crippen LogP contribution is -2.35. The molecule has 1 aromatic heterocycles. The summed E-state index contributed by atoms with van der Waals surface area (Å²) in [5, 5.41) is 10.2. The number of hydrogen-bond donors (Lipinski definition) is 1. The van der Waals surface area contributed by atoms with Gasteiger partial charge in [-0.05, 0) is 116 Å². The van der Waals surface area contributed by atoms with Crippen LogP contribution < -0.4 is 4.74 Å². The monoisotopic (exact) mass is 683 g/mol. The molecule has 1 aliphatic carbocycles. The van der Waals surface area contributed by atoms with Crippen LogP contribution in [0.25, 0.3) is 33.5 Å². The van der Waals surface area contributed by atoms with Gasteiger partial charge in [0.15, 0.2) is 0 Å². The van der Waals surface area contributed by atoms with E-state index in [1.807, 2.05) is 77.7 Å². The Morgan fingerprint density at radius 2 is 1.46 bits per heavy atom. The predicted molar refractivity (Wildman–Crippen MR) is 192 cm³/mol. The van der Waals surface area contributed by atoms with Crippen LogP contribution in [0.5, 0.6) is 5.75 Å². The number of rotatable bonds is 8. The second kappa shape index (κ2) is 14.8. The number of carboxylic acid groups (broad SMARTS) is 1. The van der Waals surface area contributed by atoms with Gasteiger partial charge in [-0.2, -0.15) is 0 Å². The summed E-state index contributed by atoms with van der Waals surface area (Å²) >= 11 is 6.20. The van der Waals surface area contributed by atoms with E-state index >= 15 is 0 Å². The highest BCUT2D eigenvalue weighted by Gasteiger charge is 2.24. The van der Waals surface area contributed by atoms with E-state index in [9.17, 15) is 14.7 Å². The van der Waals surface area contributed by atoms with Crippen molar-refractivity contribution in [2.75, 3.05) is 13.1 Å². The first-order chi connectivity index (χ1) is 22.9. The molecule has 7 rings (SSSR count). The van der Waals surface area contributed by atoms with Crippen molar-refractivity contribution in [1.29, 1.82) is 0 Å². The van der Waals surface area contributed by atoms with Gasteiger partial charge in [0.1, 0.15) is 18.2 Å². The average molecular weight is 685 g/mol. The van der Waals surface area contributed by atoms with Gasteiger partial charge in [0, 0.05) is 35.3 Å². The van der Waals surface area contributed by atoms with Crippen molar-refractivity contribution in [1.82, 2.24) is 14.5 Å². The summed E-state index contributed by atoms with van der Waals surface area (Å²) < 4.78 is 8.63. The largest absolute Gasteiger partial charge is 0.489 e. The lowest BCUT2D eigenvalue weighted by atomic mass is 9.95. The van der Waals surface area contributed by atoms with Gasteiger partial charge < -0.3 is 19.3 Å². The average Bonchev–Trinajstić information content (AvgIpc) is 3.51. The maximum Gasteiger partial charge on any atom is 0.335 e. The van der Waals surface area contributed by atoms with Gasteiger partial charge in [-0.3, -0.25) is 4.79 Å². The molecule has 5 aromatic rings. The quantitative estimate of drug-likeness (QED) is 0.176. The minimum Gasteiger partial charge on any atom is -0.489 e. The minimum atomic E-state index is -0.954. The number of nitrogens with zero attached hydrogens (tertiary/aromatic N) is 3. The van der Waals surface area contributed by atoms with Crippen LogP contribution in [0.15, 0.2) is 84.9 Å². The molecule has 1 saturated heterocycles. The summed E-state index contributed by atoms with van der Waals surface area (Å²) in [4.78, 5) is 31.9. The standard InChI is InChI=1S/C39H38ClN3O4.ClH/c40-31-16-11-26(12-17-31)34-23-28(38(44)42-21-5-2-6-22-42)9-10-30(34)25-47-33-18-13-27(14-19-33)37-41-35-24-29(39(45)46)15-20-36(35)43(37)32-7-3-1-4-8-32;/h9-20,23-24,32H,1-8,21-22,25H2,(H,45,46);1H. The van der Waals surface area contributed by atoms with Crippen LogP contribution in [0.2, 0.25) is 5.02 Å². The van der Waals surface area contributed by atoms with Gasteiger partial charge in [0.25, 0.3) is 5.91 Å². The smallest absolute Gasteiger partial charge is 0.335 e. The van der Waals surface area contributed by atoms with Crippen LogP contribution in [-0.2, 0) is 6.61 Å². The van der Waals surface area contributed by atoms with Gasteiger partial charge in [-0.25, -0.2) is 9.78 Å². The Morgan fingerprint density at radius 1 is 0.792 bits per heavy atom. The summed E-state index contributed by atoms with van der Waals surface area (Å²) in [6, 6.07) is 27.1. The maximum atomic E-state index is 13.3. The number of carbonyl (C=O) groups is 2. The minimum absolute atomic E-state index is 0. The van der Waals surface area contributed by atoms with Gasteiger partial charge in [0.2, 0.25) is 0 Å². The van der Waals surface area contributed by atoms with Crippen molar-refractivity contribution in [3.8, 4) is 28.3 Å². The van der Waals surface area contributed by atoms with Gasteiger partial charge in [0.05, 0.1) is 16.6 Å². The molecule has 7 nitrogen and oxygen atoms in total. The van der Waals surface area contributed by atoms with Crippen LogP contribution in [0.1, 0.15) is 83.7 Å². The van der Waals surface area contributed by atoms with E-state index in [2.05, 4.69) is 4.57 Å². The Hall–Kier alpha value is -4.33. The molecule has 9 heteroatoms. The van der Waals surface area contributed by atoms with E-state index < -0.39 is 5.97 Å². The summed E-state index contributed by atoms with van der Waals surface area (Å²) in [5.41, 5.74) is 6.44. The molecule has 0 unspecified atom stereocenters. The van der Waals surface area contributed by atoms with E-state index in [0.717, 1.165) is 78.1 Å². The Kier molecular flexibility index (Phi) is 10.4. The molecule has 0 radical (unpaired) electrons. The number of piperidine rings is 1. The zero-order valence-electron chi connectivity index (χ0n) is 26.7. The third-order valence-electron chi connectivity index (χ3n) is 9.54. The van der Waals surface area contributed by atoms with Crippen molar-refractivity contribution in [2.24, 2.45) is 0 Å². The third kappa shape index (κ3) is 7.08. The molecule has 1 saturated carbocycles. The highest BCUT2D eigenvalue weighted by Crippen LogP contribution is 2.37. The van der Waals surface area contributed by atoms with Gasteiger partial charge in [-0.15, -0.1) is 12.4 Å². The lowest BCUT2D eigenvalue weighted by Gasteiger charge is -2.27. The van der Waals surface area contributed by atoms with Crippen LogP contribution in [-0.4, -0.2) is 44.5 Å². The number of hydrogen-bond acceptors (Lipinski definition) is 4. The predicted octanol–water partition coefficient (Wildman–Crippen LogP) is 9.85. The van der Waals surface area contributed by atoms with E-state index in [0.29, 0.717) is 28.8 Å². The van der Waals surface area contributed by atoms with Crippen LogP contribution in [0, 0.1) is 0 Å². The molecule has 1 amide bonds. The first-order valence-corrected chi connectivity index (χ1v) is 17.0. The topological polar surface area (TPSA) is 84.7 Å². The zero-order chi connectivity index (χ0) is 32.3. The number of fused-ring (bicyclic) bond motifs is 1. The highest BCUT2D eigenvalue weighted by molar-refractivity contribution is 6.30. The summed E-state index contributed by atoms with van der Waals surface area (Å²) in [7, 11) is 0. The third-order valence-corrected chi connectivity index (χ3v) is 9.79. The molecule has 0 spiro atoms. The molecule has 2 fully saturated rings. The number of aromatic nitrogens is 2. The number of imidazole rings is 1. The molecule has 0 bridgehead atoms. The number of likely N-dealkylation sites (tertiary alicyclic amines) is 1. The Bertz CT molecular complexity index is 1910. The number of benzene rings is 4. The number of halogens is 2. The van der Waals surface area contributed by atoms with E-state index in [4.69, 9.17) is 21.3 Å². The Labute approximate surface area is 291 Å². The van der Waals surface area contributed by atoms with E-state index in [1.165, 1.54) is 25.7 Å². The molecule has 1 N–H and O–H groups in total. The molecule has 4 aromatic carbocycles. The second-order valence-electron chi connectivity index (χ2n) is 12.7. The highest BCUT2D eigenvalue weighted by atomic mass is 35.5. The summed E-state index contributed by atoms with van der Waals surface area (Å²) in [5.74, 6) is 0.684. The van der Waals surface area contributed by atoms with Crippen molar-refractivity contribution in [3.63, 3.8) is 0 Å². The summed E-state index contributed by atoms with van der Waals surface area (Å²) in [6.45, 7) is 1.93. The van der Waals surface area contributed by atoms with Crippen molar-refractivity contribution in [3.05, 3.63) is 107 Å². The zero-order valence-corrected chi connectivity index (χ0v) is 28.3. The molecule has 2 aliphatic rings. The Balaban J connectivity index is 0.00000401. The van der Waals surface area contributed by atoms with Crippen molar-refractivity contribution in [2.45, 2.75) is 64.0 Å². The normalized spacial score (nSPS) is 15.2. The number of aromatic carboxylic acids is 1. The Morgan fingerprint density at radius 3 is 2.17 bits per heavy atom. The summed E-state index contributed by atoms with van der Waals surface area (Å²) in [6.07, 6.45) is 9.02. The molecule has 2 heterocycles. The van der Waals surface area contributed by atoms with Crippen LogP contribution >= 0.6 is 24.0 Å². The van der Waals surface area contributed by atoms with E-state index in [1.54, 1.807) is 12.1 Å². The van der Waals surface area contributed by atoms with Crippen molar-refractivity contribution >= 4 is 46.9 Å². The van der Waals surface area contributed by atoms with E-state index in [-0.39, 0.29) is 23.9 Å². The van der Waals surface area contributed by atoms with Crippen LogP contribution in [0.4, 0.5) is 0 Å². The lowest BCUT2D eigenvalue weighted by molar-refractivity contribution is 0.0694. The molecular formula is C39H39Cl2N3O4. The fraction of sp³-hybridized carbons (Fsp3) is 0.308. The van der Waals surface area contributed by atoms with Gasteiger partial charge >= 0.3 is 5.97 Å². The number of carboxylic acids is 1. The molecular weight excluding hydrogens is 645 g/mol. The number of carbonyl (C=O) groups excluding carboxylic acids is 1. The fourth-order valence-corrected chi connectivity index (χ4v) is 7.14. The molecule has 1 aliphatic heterocycles. The second-order valence-corrected chi connectivity index (χ2v) is 13.1. The first-order valence-electron chi connectivity index (χ1n) is 16.6. The number of ether oxygens (including phenoxy) is 1. The molecule has 48 heavy (non-hydrogen) atoms. The fourth-order valence-electron chi connectivity index (χ4n) is 7.02. The molecule has 0 atom stereocenters. The van der Waals surface area contributed by atoms with Crippen LogP contribution in [0.3, 0.4) is 0 Å².